The first-order chi connectivity index (χ1) is 34.7. The minimum Gasteiger partial charge on any atom is -0.456 e. The number of fused-ring (bicyclic) bond motifs is 9. The van der Waals surface area contributed by atoms with Gasteiger partial charge in [0, 0.05) is 49.9 Å². The fourth-order valence-corrected chi connectivity index (χ4v) is 10.7. The second-order valence-corrected chi connectivity index (χ2v) is 18.0. The molecule has 0 N–H and O–H groups in total. The lowest BCUT2D eigenvalue weighted by molar-refractivity contribution is 0.646. The van der Waals surface area contributed by atoms with Crippen molar-refractivity contribution in [2.45, 2.75) is 0 Å². The average molecular weight is 895 g/mol. The SMILES string of the molecule is c1ccc(-n2c3ccccc3c3c4cccc(-c5ccc(N(c6ccc(-c7ccc(-c8cccc9oc%10ccccc%10c89)cc7)cc6)c6ccc(-c7cccc8ccccc78)cc6)cc5)c4oc32)cc1. The van der Waals surface area contributed by atoms with E-state index in [0.29, 0.717) is 0 Å². The van der Waals surface area contributed by atoms with Gasteiger partial charge in [0.25, 0.3) is 0 Å². The molecule has 14 rings (SSSR count). The third-order valence-corrected chi connectivity index (χ3v) is 14.0. The van der Waals surface area contributed by atoms with Gasteiger partial charge in [0.2, 0.25) is 5.71 Å². The third-order valence-electron chi connectivity index (χ3n) is 14.0. The van der Waals surface area contributed by atoms with Crippen LogP contribution in [0.4, 0.5) is 17.1 Å². The number of furan rings is 2. The molecule has 4 nitrogen and oxygen atoms in total. The number of benzene rings is 11. The number of aromatic nitrogens is 1. The van der Waals surface area contributed by atoms with E-state index in [4.69, 9.17) is 8.83 Å². The molecule has 0 radical (unpaired) electrons. The smallest absolute Gasteiger partial charge is 0.213 e. The number of rotatable bonds is 8. The molecule has 3 heterocycles. The molecule has 0 saturated heterocycles. The van der Waals surface area contributed by atoms with Crippen LogP contribution in [0.3, 0.4) is 0 Å². The van der Waals surface area contributed by atoms with E-state index >= 15 is 0 Å². The van der Waals surface area contributed by atoms with Gasteiger partial charge in [-0.05, 0) is 116 Å². The molecule has 0 saturated carbocycles. The average Bonchev–Trinajstić information content (AvgIpc) is 4.11. The molecule has 0 unspecified atom stereocenters. The standard InChI is InChI=1S/C66H42N2O2/c1-2-15-49(16-3-1)68-60-24-8-6-18-57(60)64-59-23-11-22-56(65(59)70-66(64)68)48-35-41-52(42-36-48)67(51-39-33-46(34-40-51)54-20-10-14-45-13-4-5-17-53(45)54)50-37-31-44(32-38-50)43-27-29-47(30-28-43)55-21-12-26-62-63(55)58-19-7-9-25-61(58)69-62/h1-42H. The zero-order valence-corrected chi connectivity index (χ0v) is 38.0. The van der Waals surface area contributed by atoms with Gasteiger partial charge in [-0.3, -0.25) is 4.57 Å². The predicted octanol–water partition coefficient (Wildman–Crippen LogP) is 18.7. The topological polar surface area (TPSA) is 34.5 Å². The second kappa shape index (κ2) is 16.2. The van der Waals surface area contributed by atoms with Crippen molar-refractivity contribution < 1.29 is 8.83 Å². The lowest BCUT2D eigenvalue weighted by atomic mass is 9.96. The highest BCUT2D eigenvalue weighted by Crippen LogP contribution is 2.44. The molecule has 70 heavy (non-hydrogen) atoms. The molecule has 0 spiro atoms. The van der Waals surface area contributed by atoms with Gasteiger partial charge in [0.15, 0.2) is 0 Å². The molecule has 14 aromatic rings. The first-order valence-electron chi connectivity index (χ1n) is 23.8. The fraction of sp³-hybridized carbons (Fsp3) is 0. The molecule has 0 bridgehead atoms. The lowest BCUT2D eigenvalue weighted by Gasteiger charge is -2.26. The van der Waals surface area contributed by atoms with Gasteiger partial charge >= 0.3 is 0 Å². The largest absolute Gasteiger partial charge is 0.456 e. The van der Waals surface area contributed by atoms with Crippen LogP contribution >= 0.6 is 0 Å². The van der Waals surface area contributed by atoms with Gasteiger partial charge in [0.1, 0.15) is 16.7 Å². The molecule has 0 aliphatic heterocycles. The summed E-state index contributed by atoms with van der Waals surface area (Å²) in [6.07, 6.45) is 0. The van der Waals surface area contributed by atoms with Crippen LogP contribution in [0, 0.1) is 0 Å². The van der Waals surface area contributed by atoms with Crippen LogP contribution in [0.2, 0.25) is 0 Å². The van der Waals surface area contributed by atoms with Crippen molar-refractivity contribution >= 4 is 82.7 Å². The second-order valence-electron chi connectivity index (χ2n) is 18.0. The minimum atomic E-state index is 0.851. The summed E-state index contributed by atoms with van der Waals surface area (Å²) in [5.41, 5.74) is 18.1. The van der Waals surface area contributed by atoms with Crippen molar-refractivity contribution in [3.63, 3.8) is 0 Å². The first-order valence-corrected chi connectivity index (χ1v) is 23.8. The first kappa shape index (κ1) is 39.8. The van der Waals surface area contributed by atoms with E-state index < -0.39 is 0 Å². The van der Waals surface area contributed by atoms with Gasteiger partial charge in [-0.15, -0.1) is 0 Å². The van der Waals surface area contributed by atoms with E-state index in [9.17, 15) is 0 Å². The van der Waals surface area contributed by atoms with E-state index in [2.05, 4.69) is 252 Å². The number of hydrogen-bond donors (Lipinski definition) is 0. The fourth-order valence-electron chi connectivity index (χ4n) is 10.7. The number of hydrogen-bond acceptors (Lipinski definition) is 3. The van der Waals surface area contributed by atoms with Crippen LogP contribution in [-0.4, -0.2) is 4.57 Å². The van der Waals surface area contributed by atoms with Crippen molar-refractivity contribution in [2.75, 3.05) is 4.90 Å². The van der Waals surface area contributed by atoms with E-state index in [1.165, 1.54) is 32.8 Å². The summed E-state index contributed by atoms with van der Waals surface area (Å²) in [5, 5.41) is 8.17. The maximum atomic E-state index is 6.95. The Morgan fingerprint density at radius 2 is 0.786 bits per heavy atom. The minimum absolute atomic E-state index is 0.851. The third kappa shape index (κ3) is 6.46. The monoisotopic (exact) mass is 894 g/mol. The van der Waals surface area contributed by atoms with Gasteiger partial charge in [0.05, 0.1) is 10.9 Å². The zero-order chi connectivity index (χ0) is 46.1. The summed E-state index contributed by atoms with van der Waals surface area (Å²) in [5.74, 6) is 0. The Hall–Kier alpha value is -9.38. The van der Waals surface area contributed by atoms with Crippen LogP contribution < -0.4 is 4.90 Å². The summed E-state index contributed by atoms with van der Waals surface area (Å²) >= 11 is 0. The molecular weight excluding hydrogens is 853 g/mol. The molecule has 0 aliphatic rings. The Bertz CT molecular complexity index is 4250. The summed E-state index contributed by atoms with van der Waals surface area (Å²) in [7, 11) is 0. The van der Waals surface area contributed by atoms with E-state index in [0.717, 1.165) is 100 Å². The van der Waals surface area contributed by atoms with Crippen LogP contribution in [0.25, 0.3) is 116 Å². The molecule has 0 aliphatic carbocycles. The van der Waals surface area contributed by atoms with Gasteiger partial charge in [-0.25, -0.2) is 0 Å². The van der Waals surface area contributed by atoms with Crippen LogP contribution in [0.15, 0.2) is 264 Å². The van der Waals surface area contributed by atoms with E-state index in [1.54, 1.807) is 0 Å². The van der Waals surface area contributed by atoms with Crippen molar-refractivity contribution in [3.8, 4) is 50.2 Å². The molecule has 0 atom stereocenters. The Balaban J connectivity index is 0.837. The predicted molar refractivity (Wildman–Crippen MR) is 292 cm³/mol. The Kier molecular flexibility index (Phi) is 9.17. The molecule has 0 amide bonds. The van der Waals surface area contributed by atoms with Crippen LogP contribution in [-0.2, 0) is 0 Å². The van der Waals surface area contributed by atoms with Crippen LogP contribution in [0.1, 0.15) is 0 Å². The highest BCUT2D eigenvalue weighted by molar-refractivity contribution is 6.22. The molecule has 328 valence electrons. The highest BCUT2D eigenvalue weighted by Gasteiger charge is 2.22. The van der Waals surface area contributed by atoms with Crippen molar-refractivity contribution in [1.29, 1.82) is 0 Å². The highest BCUT2D eigenvalue weighted by atomic mass is 16.3. The number of nitrogens with zero attached hydrogens (tertiary/aromatic N) is 2. The van der Waals surface area contributed by atoms with E-state index in [-0.39, 0.29) is 0 Å². The number of anilines is 3. The number of para-hydroxylation sites is 4. The van der Waals surface area contributed by atoms with Crippen molar-refractivity contribution in [1.82, 2.24) is 4.57 Å². The molecule has 3 aromatic heterocycles. The van der Waals surface area contributed by atoms with Gasteiger partial charge in [-0.2, -0.15) is 0 Å². The summed E-state index contributed by atoms with van der Waals surface area (Å²) in [6, 6.07) is 91.0. The maximum absolute atomic E-state index is 6.95. The molecule has 4 heteroatoms. The quantitative estimate of drug-likeness (QED) is 0.152. The van der Waals surface area contributed by atoms with E-state index in [1.807, 2.05) is 12.1 Å². The normalized spacial score (nSPS) is 11.7. The van der Waals surface area contributed by atoms with Gasteiger partial charge < -0.3 is 13.7 Å². The van der Waals surface area contributed by atoms with Crippen LogP contribution in [0.5, 0.6) is 0 Å². The molecule has 0 fully saturated rings. The molecular formula is C66H42N2O2. The summed E-state index contributed by atoms with van der Waals surface area (Å²) < 4.78 is 15.4. The Morgan fingerprint density at radius 1 is 0.300 bits per heavy atom. The van der Waals surface area contributed by atoms with Crippen molar-refractivity contribution in [3.05, 3.63) is 255 Å². The van der Waals surface area contributed by atoms with Crippen molar-refractivity contribution in [2.24, 2.45) is 0 Å². The summed E-state index contributed by atoms with van der Waals surface area (Å²) in [4.78, 5) is 2.34. The zero-order valence-electron chi connectivity index (χ0n) is 38.0. The Morgan fingerprint density at radius 3 is 1.53 bits per heavy atom. The maximum Gasteiger partial charge on any atom is 0.213 e. The molecule has 11 aromatic carbocycles. The Labute approximate surface area is 404 Å². The van der Waals surface area contributed by atoms with Gasteiger partial charge in [-0.1, -0.05) is 188 Å². The summed E-state index contributed by atoms with van der Waals surface area (Å²) in [6.45, 7) is 0. The lowest BCUT2D eigenvalue weighted by Crippen LogP contribution is -2.09.